The quantitative estimate of drug-likeness (QED) is 0.699. The van der Waals surface area contributed by atoms with Crippen LogP contribution in [0.5, 0.6) is 0 Å². The van der Waals surface area contributed by atoms with Crippen LogP contribution in [-0.2, 0) is 4.74 Å². The zero-order valence-corrected chi connectivity index (χ0v) is 13.2. The van der Waals surface area contributed by atoms with E-state index in [1.54, 1.807) is 6.20 Å². The molecule has 1 fully saturated rings. The van der Waals surface area contributed by atoms with Crippen LogP contribution in [-0.4, -0.2) is 41.3 Å². The standard InChI is InChI=1S/C16H22N6O/c1-11-9-18-4-2-13(11)19-5-6-20-15-8-14(21-16(17)22-15)12-3-7-23-10-12/h2,4,8-9,12H,3,5-7,10H2,1H3,(H,18,19)(H3,17,20,21,22)/t12-/m0/s1. The first-order valence-corrected chi connectivity index (χ1v) is 7.83. The van der Waals surface area contributed by atoms with E-state index in [1.807, 2.05) is 25.3 Å². The summed E-state index contributed by atoms with van der Waals surface area (Å²) in [6.07, 6.45) is 4.61. The first kappa shape index (κ1) is 15.5. The number of nitrogens with one attached hydrogen (secondary N) is 2. The molecule has 122 valence electrons. The molecule has 23 heavy (non-hydrogen) atoms. The number of pyridine rings is 1. The highest BCUT2D eigenvalue weighted by molar-refractivity contribution is 5.49. The van der Waals surface area contributed by atoms with Gasteiger partial charge in [-0.15, -0.1) is 0 Å². The van der Waals surface area contributed by atoms with Gasteiger partial charge in [0.2, 0.25) is 5.95 Å². The van der Waals surface area contributed by atoms with Gasteiger partial charge in [-0.05, 0) is 25.0 Å². The monoisotopic (exact) mass is 314 g/mol. The van der Waals surface area contributed by atoms with Crippen LogP contribution >= 0.6 is 0 Å². The third-order valence-corrected chi connectivity index (χ3v) is 3.88. The van der Waals surface area contributed by atoms with Crippen molar-refractivity contribution < 1.29 is 4.74 Å². The first-order chi connectivity index (χ1) is 11.2. The molecule has 0 amide bonds. The molecule has 7 heteroatoms. The van der Waals surface area contributed by atoms with E-state index in [-0.39, 0.29) is 0 Å². The van der Waals surface area contributed by atoms with Crippen molar-refractivity contribution in [1.29, 1.82) is 0 Å². The van der Waals surface area contributed by atoms with Crippen molar-refractivity contribution >= 4 is 17.5 Å². The molecule has 0 aromatic carbocycles. The molecule has 0 aliphatic carbocycles. The van der Waals surface area contributed by atoms with E-state index in [9.17, 15) is 0 Å². The normalized spacial score (nSPS) is 17.2. The van der Waals surface area contributed by atoms with E-state index in [2.05, 4.69) is 25.6 Å². The van der Waals surface area contributed by atoms with E-state index in [4.69, 9.17) is 10.5 Å². The van der Waals surface area contributed by atoms with Gasteiger partial charge in [-0.1, -0.05) is 0 Å². The Hall–Kier alpha value is -2.41. The van der Waals surface area contributed by atoms with Gasteiger partial charge in [0.25, 0.3) is 0 Å². The van der Waals surface area contributed by atoms with Gasteiger partial charge in [-0.3, -0.25) is 4.98 Å². The molecule has 1 saturated heterocycles. The van der Waals surface area contributed by atoms with Crippen LogP contribution in [0.2, 0.25) is 0 Å². The minimum absolute atomic E-state index is 0.301. The molecule has 2 aromatic heterocycles. The number of aromatic nitrogens is 3. The second-order valence-corrected chi connectivity index (χ2v) is 5.64. The number of nitrogens with two attached hydrogens (primary N) is 1. The predicted octanol–water partition coefficient (Wildman–Crippen LogP) is 1.79. The van der Waals surface area contributed by atoms with E-state index in [0.29, 0.717) is 18.5 Å². The van der Waals surface area contributed by atoms with Gasteiger partial charge >= 0.3 is 0 Å². The van der Waals surface area contributed by atoms with Crippen LogP contribution in [0.1, 0.15) is 23.6 Å². The summed E-state index contributed by atoms with van der Waals surface area (Å²) in [6.45, 7) is 5.03. The lowest BCUT2D eigenvalue weighted by Crippen LogP contribution is -2.16. The van der Waals surface area contributed by atoms with Crippen LogP contribution in [0.15, 0.2) is 24.5 Å². The van der Waals surface area contributed by atoms with Gasteiger partial charge in [0.1, 0.15) is 5.82 Å². The van der Waals surface area contributed by atoms with Crippen LogP contribution in [0, 0.1) is 6.92 Å². The lowest BCUT2D eigenvalue weighted by Gasteiger charge is -2.12. The number of ether oxygens (including phenoxy) is 1. The topological polar surface area (TPSA) is 98.0 Å². The maximum absolute atomic E-state index is 5.82. The summed E-state index contributed by atoms with van der Waals surface area (Å²) in [4.78, 5) is 12.7. The fourth-order valence-electron chi connectivity index (χ4n) is 2.61. The molecule has 0 spiro atoms. The van der Waals surface area contributed by atoms with Gasteiger partial charge in [-0.25, -0.2) is 4.98 Å². The number of hydrogen-bond acceptors (Lipinski definition) is 7. The number of nitrogens with zero attached hydrogens (tertiary/aromatic N) is 3. The Balaban J connectivity index is 1.54. The van der Waals surface area contributed by atoms with Crippen molar-refractivity contribution in [1.82, 2.24) is 15.0 Å². The van der Waals surface area contributed by atoms with E-state index in [0.717, 1.165) is 48.9 Å². The molecule has 0 saturated carbocycles. The molecule has 4 N–H and O–H groups in total. The number of nitrogen functional groups attached to an aromatic ring is 1. The second-order valence-electron chi connectivity index (χ2n) is 5.64. The number of aryl methyl sites for hydroxylation is 1. The summed E-state index contributed by atoms with van der Waals surface area (Å²) < 4.78 is 5.41. The average molecular weight is 314 g/mol. The molecule has 1 aliphatic rings. The summed E-state index contributed by atoms with van der Waals surface area (Å²) in [5, 5.41) is 6.66. The highest BCUT2D eigenvalue weighted by Gasteiger charge is 2.20. The minimum atomic E-state index is 0.301. The Morgan fingerprint density at radius 2 is 2.17 bits per heavy atom. The molecule has 2 aromatic rings. The molecule has 3 heterocycles. The number of anilines is 3. The maximum atomic E-state index is 5.82. The second kappa shape index (κ2) is 7.23. The van der Waals surface area contributed by atoms with Crippen molar-refractivity contribution in [2.75, 3.05) is 42.7 Å². The van der Waals surface area contributed by atoms with E-state index in [1.165, 1.54) is 0 Å². The Morgan fingerprint density at radius 3 is 2.96 bits per heavy atom. The van der Waals surface area contributed by atoms with Gasteiger partial charge in [0.15, 0.2) is 0 Å². The molecule has 1 atom stereocenters. The summed E-state index contributed by atoms with van der Waals surface area (Å²) in [7, 11) is 0. The zero-order chi connectivity index (χ0) is 16.1. The Morgan fingerprint density at radius 1 is 1.30 bits per heavy atom. The smallest absolute Gasteiger partial charge is 0.222 e. The SMILES string of the molecule is Cc1cnccc1NCCNc1cc([C@H]2CCOC2)nc(N)n1. The predicted molar refractivity (Wildman–Crippen MR) is 90.6 cm³/mol. The molecule has 0 radical (unpaired) electrons. The average Bonchev–Trinajstić information content (AvgIpc) is 3.07. The van der Waals surface area contributed by atoms with Crippen LogP contribution < -0.4 is 16.4 Å². The lowest BCUT2D eigenvalue weighted by atomic mass is 10.0. The van der Waals surface area contributed by atoms with Gasteiger partial charge in [0.05, 0.1) is 12.3 Å². The van der Waals surface area contributed by atoms with Gasteiger partial charge in [0, 0.05) is 49.8 Å². The third kappa shape index (κ3) is 4.07. The van der Waals surface area contributed by atoms with E-state index < -0.39 is 0 Å². The van der Waals surface area contributed by atoms with Gasteiger partial charge in [-0.2, -0.15) is 4.98 Å². The Kier molecular flexibility index (Phi) is 4.87. The van der Waals surface area contributed by atoms with Crippen molar-refractivity contribution in [3.05, 3.63) is 35.8 Å². The first-order valence-electron chi connectivity index (χ1n) is 7.83. The Bertz CT molecular complexity index is 657. The highest BCUT2D eigenvalue weighted by Crippen LogP contribution is 2.25. The molecular formula is C16H22N6O. The molecular weight excluding hydrogens is 292 g/mol. The molecule has 3 rings (SSSR count). The van der Waals surface area contributed by atoms with Crippen LogP contribution in [0.4, 0.5) is 17.5 Å². The fourth-order valence-corrected chi connectivity index (χ4v) is 2.61. The van der Waals surface area contributed by atoms with Crippen LogP contribution in [0.3, 0.4) is 0 Å². The Labute approximate surface area is 135 Å². The molecule has 1 aliphatic heterocycles. The lowest BCUT2D eigenvalue weighted by molar-refractivity contribution is 0.193. The zero-order valence-electron chi connectivity index (χ0n) is 13.2. The van der Waals surface area contributed by atoms with Crippen molar-refractivity contribution in [3.8, 4) is 0 Å². The van der Waals surface area contributed by atoms with E-state index >= 15 is 0 Å². The van der Waals surface area contributed by atoms with Crippen molar-refractivity contribution in [3.63, 3.8) is 0 Å². The summed E-state index contributed by atoms with van der Waals surface area (Å²) in [6, 6.07) is 3.93. The summed E-state index contributed by atoms with van der Waals surface area (Å²) in [5.74, 6) is 1.38. The molecule has 0 bridgehead atoms. The maximum Gasteiger partial charge on any atom is 0.222 e. The van der Waals surface area contributed by atoms with Gasteiger partial charge < -0.3 is 21.1 Å². The molecule has 0 unspecified atom stereocenters. The summed E-state index contributed by atoms with van der Waals surface area (Å²) >= 11 is 0. The van der Waals surface area contributed by atoms with Crippen molar-refractivity contribution in [2.24, 2.45) is 0 Å². The number of rotatable bonds is 6. The fraction of sp³-hybridized carbons (Fsp3) is 0.438. The molecule has 7 nitrogen and oxygen atoms in total. The van der Waals surface area contributed by atoms with Crippen molar-refractivity contribution in [2.45, 2.75) is 19.3 Å². The number of hydrogen-bond donors (Lipinski definition) is 3. The third-order valence-electron chi connectivity index (χ3n) is 3.88. The largest absolute Gasteiger partial charge is 0.383 e. The highest BCUT2D eigenvalue weighted by atomic mass is 16.5. The summed E-state index contributed by atoms with van der Waals surface area (Å²) in [5.41, 5.74) is 8.99. The minimum Gasteiger partial charge on any atom is -0.383 e. The van der Waals surface area contributed by atoms with Crippen LogP contribution in [0.25, 0.3) is 0 Å².